The fourth-order valence-corrected chi connectivity index (χ4v) is 4.67. The summed E-state index contributed by atoms with van der Waals surface area (Å²) in [5, 5.41) is 0. The van der Waals surface area contributed by atoms with E-state index in [0.717, 1.165) is 24.2 Å². The molecule has 2 aromatic rings. The van der Waals surface area contributed by atoms with Gasteiger partial charge in [0, 0.05) is 19.5 Å². The number of benzene rings is 2. The lowest BCUT2D eigenvalue weighted by molar-refractivity contribution is -0.117. The quantitative estimate of drug-likeness (QED) is 0.565. The predicted molar refractivity (Wildman–Crippen MR) is 120 cm³/mol. The topological polar surface area (TPSA) is 84.9 Å². The minimum absolute atomic E-state index is 0.0236. The molecule has 0 aliphatic carbocycles. The van der Waals surface area contributed by atoms with E-state index in [2.05, 4.69) is 4.72 Å². The van der Waals surface area contributed by atoms with E-state index in [0.29, 0.717) is 37.4 Å². The van der Waals surface area contributed by atoms with Crippen LogP contribution in [0, 0.1) is 0 Å². The lowest BCUT2D eigenvalue weighted by Crippen LogP contribution is -2.27. The molecular formula is C23H30N2O5S. The molecule has 0 aromatic heterocycles. The highest BCUT2D eigenvalue weighted by atomic mass is 32.2. The Labute approximate surface area is 184 Å². The summed E-state index contributed by atoms with van der Waals surface area (Å²) in [6.45, 7) is 4.82. The molecule has 0 spiro atoms. The highest BCUT2D eigenvalue weighted by Crippen LogP contribution is 2.33. The van der Waals surface area contributed by atoms with Crippen molar-refractivity contribution in [2.75, 3.05) is 25.1 Å². The Balaban J connectivity index is 1.63. The Morgan fingerprint density at radius 2 is 1.97 bits per heavy atom. The van der Waals surface area contributed by atoms with Crippen molar-refractivity contribution < 1.29 is 22.7 Å². The third kappa shape index (κ3) is 5.98. The third-order valence-corrected chi connectivity index (χ3v) is 6.49. The van der Waals surface area contributed by atoms with Crippen molar-refractivity contribution >= 4 is 21.6 Å². The molecule has 1 heterocycles. The van der Waals surface area contributed by atoms with Gasteiger partial charge in [-0.05, 0) is 69.0 Å². The maximum absolute atomic E-state index is 12.8. The number of ether oxygens (including phenoxy) is 2. The molecule has 0 unspecified atom stereocenters. The van der Waals surface area contributed by atoms with E-state index in [4.69, 9.17) is 9.47 Å². The number of hydrogen-bond acceptors (Lipinski definition) is 5. The van der Waals surface area contributed by atoms with E-state index >= 15 is 0 Å². The number of sulfonamides is 1. The summed E-state index contributed by atoms with van der Waals surface area (Å²) in [6.07, 6.45) is 2.70. The van der Waals surface area contributed by atoms with E-state index in [9.17, 15) is 13.2 Å². The summed E-state index contributed by atoms with van der Waals surface area (Å²) in [5.74, 6) is 1.28. The van der Waals surface area contributed by atoms with Crippen LogP contribution in [-0.2, 0) is 21.2 Å². The van der Waals surface area contributed by atoms with Gasteiger partial charge in [0.15, 0.2) is 0 Å². The normalized spacial score (nSPS) is 14.3. The molecule has 31 heavy (non-hydrogen) atoms. The second-order valence-electron chi connectivity index (χ2n) is 7.80. The first-order chi connectivity index (χ1) is 14.8. The van der Waals surface area contributed by atoms with Crippen LogP contribution in [0.15, 0.2) is 47.4 Å². The minimum Gasteiger partial charge on any atom is -0.495 e. The number of nitrogens with one attached hydrogen (secondary N) is 1. The zero-order chi connectivity index (χ0) is 22.4. The predicted octanol–water partition coefficient (Wildman–Crippen LogP) is 3.52. The van der Waals surface area contributed by atoms with Crippen LogP contribution < -0.4 is 19.1 Å². The van der Waals surface area contributed by atoms with Crippen molar-refractivity contribution in [2.24, 2.45) is 0 Å². The average Bonchev–Trinajstić information content (AvgIpc) is 3.16. The SMILES string of the molecule is COc1ccc(S(=O)(=O)NCCCc2cccc(OC(C)C)c2)cc1N1CCCC1=O. The zero-order valence-electron chi connectivity index (χ0n) is 18.3. The van der Waals surface area contributed by atoms with Crippen LogP contribution in [-0.4, -0.2) is 40.6 Å². The standard InChI is InChI=1S/C23H30N2O5S/c1-17(2)30-19-9-4-7-18(15-19)8-5-13-24-31(27,28)20-11-12-22(29-3)21(16-20)25-14-6-10-23(25)26/h4,7,9,11-12,15-17,24H,5-6,8,10,13-14H2,1-3H3. The molecule has 1 amide bonds. The van der Waals surface area contributed by atoms with E-state index < -0.39 is 10.0 Å². The van der Waals surface area contributed by atoms with E-state index in [1.165, 1.54) is 19.2 Å². The van der Waals surface area contributed by atoms with Gasteiger partial charge in [0.05, 0.1) is 23.8 Å². The number of hydrogen-bond donors (Lipinski definition) is 1. The first-order valence-corrected chi connectivity index (χ1v) is 12.0. The summed E-state index contributed by atoms with van der Waals surface area (Å²) in [4.78, 5) is 13.8. The van der Waals surface area contributed by atoms with Gasteiger partial charge < -0.3 is 14.4 Å². The molecule has 1 saturated heterocycles. The van der Waals surface area contributed by atoms with Crippen LogP contribution in [0.3, 0.4) is 0 Å². The smallest absolute Gasteiger partial charge is 0.240 e. The van der Waals surface area contributed by atoms with Crippen LogP contribution in [0.1, 0.15) is 38.7 Å². The summed E-state index contributed by atoms with van der Waals surface area (Å²) < 4.78 is 39.3. The summed E-state index contributed by atoms with van der Waals surface area (Å²) in [7, 11) is -2.19. The molecule has 7 nitrogen and oxygen atoms in total. The number of carbonyl (C=O) groups excluding carboxylic acids is 1. The number of nitrogens with zero attached hydrogens (tertiary/aromatic N) is 1. The van der Waals surface area contributed by atoms with Gasteiger partial charge in [0.2, 0.25) is 15.9 Å². The first-order valence-electron chi connectivity index (χ1n) is 10.5. The van der Waals surface area contributed by atoms with Gasteiger partial charge in [-0.3, -0.25) is 4.79 Å². The molecule has 1 fully saturated rings. The van der Waals surface area contributed by atoms with Crippen LogP contribution in [0.2, 0.25) is 0 Å². The van der Waals surface area contributed by atoms with Crippen molar-refractivity contribution in [3.8, 4) is 11.5 Å². The van der Waals surface area contributed by atoms with E-state index in [-0.39, 0.29) is 16.9 Å². The lowest BCUT2D eigenvalue weighted by Gasteiger charge is -2.20. The van der Waals surface area contributed by atoms with Crippen molar-refractivity contribution in [2.45, 2.75) is 50.5 Å². The summed E-state index contributed by atoms with van der Waals surface area (Å²) in [5.41, 5.74) is 1.59. The summed E-state index contributed by atoms with van der Waals surface area (Å²) >= 11 is 0. The number of amides is 1. The van der Waals surface area contributed by atoms with Crippen molar-refractivity contribution in [1.29, 1.82) is 0 Å². The molecule has 0 radical (unpaired) electrons. The number of methoxy groups -OCH3 is 1. The Kier molecular flexibility index (Phi) is 7.56. The van der Waals surface area contributed by atoms with Gasteiger partial charge in [-0.15, -0.1) is 0 Å². The summed E-state index contributed by atoms with van der Waals surface area (Å²) in [6, 6.07) is 12.4. The molecule has 0 atom stereocenters. The number of rotatable bonds is 10. The molecule has 1 aliphatic heterocycles. The molecule has 2 aromatic carbocycles. The molecule has 0 saturated carbocycles. The first kappa shape index (κ1) is 23.1. The Morgan fingerprint density at radius 3 is 2.65 bits per heavy atom. The van der Waals surface area contributed by atoms with E-state index in [1.54, 1.807) is 11.0 Å². The molecule has 168 valence electrons. The van der Waals surface area contributed by atoms with Crippen molar-refractivity contribution in [1.82, 2.24) is 4.72 Å². The molecule has 8 heteroatoms. The molecule has 3 rings (SSSR count). The van der Waals surface area contributed by atoms with Crippen molar-refractivity contribution in [3.05, 3.63) is 48.0 Å². The maximum atomic E-state index is 12.8. The number of anilines is 1. The Hall–Kier alpha value is -2.58. The number of aryl methyl sites for hydroxylation is 1. The minimum atomic E-state index is -3.70. The lowest BCUT2D eigenvalue weighted by atomic mass is 10.1. The molecular weight excluding hydrogens is 416 g/mol. The van der Waals surface area contributed by atoms with Gasteiger partial charge >= 0.3 is 0 Å². The van der Waals surface area contributed by atoms with Crippen LogP contribution in [0.5, 0.6) is 11.5 Å². The number of carbonyl (C=O) groups is 1. The average molecular weight is 447 g/mol. The zero-order valence-corrected chi connectivity index (χ0v) is 19.1. The van der Waals surface area contributed by atoms with E-state index in [1.807, 2.05) is 38.1 Å². The van der Waals surface area contributed by atoms with Crippen molar-refractivity contribution in [3.63, 3.8) is 0 Å². The fraction of sp³-hybridized carbons (Fsp3) is 0.435. The monoisotopic (exact) mass is 446 g/mol. The van der Waals surface area contributed by atoms with Crippen LogP contribution in [0.4, 0.5) is 5.69 Å². The maximum Gasteiger partial charge on any atom is 0.240 e. The second-order valence-corrected chi connectivity index (χ2v) is 9.56. The molecule has 1 N–H and O–H groups in total. The Morgan fingerprint density at radius 1 is 1.16 bits per heavy atom. The second kappa shape index (κ2) is 10.2. The third-order valence-electron chi connectivity index (χ3n) is 5.03. The highest BCUT2D eigenvalue weighted by molar-refractivity contribution is 7.89. The molecule has 1 aliphatic rings. The molecule has 0 bridgehead atoms. The van der Waals surface area contributed by atoms with Gasteiger partial charge in [-0.2, -0.15) is 0 Å². The highest BCUT2D eigenvalue weighted by Gasteiger charge is 2.26. The largest absolute Gasteiger partial charge is 0.495 e. The van der Waals surface area contributed by atoms with Gasteiger partial charge in [0.1, 0.15) is 11.5 Å². The fourth-order valence-electron chi connectivity index (χ4n) is 3.58. The Bertz CT molecular complexity index is 1020. The van der Waals surface area contributed by atoms with Crippen LogP contribution >= 0.6 is 0 Å². The van der Waals surface area contributed by atoms with Gasteiger partial charge in [-0.1, -0.05) is 12.1 Å². The van der Waals surface area contributed by atoms with Gasteiger partial charge in [-0.25, -0.2) is 13.1 Å². The van der Waals surface area contributed by atoms with Crippen LogP contribution in [0.25, 0.3) is 0 Å². The van der Waals surface area contributed by atoms with Gasteiger partial charge in [0.25, 0.3) is 0 Å².